The third-order valence-electron chi connectivity index (χ3n) is 4.69. The highest BCUT2D eigenvalue weighted by Crippen LogP contribution is 2.40. The fourth-order valence-corrected chi connectivity index (χ4v) is 3.40. The van der Waals surface area contributed by atoms with Gasteiger partial charge in [-0.1, -0.05) is 24.3 Å². The van der Waals surface area contributed by atoms with Crippen molar-refractivity contribution >= 4 is 28.3 Å². The second-order valence-electron chi connectivity index (χ2n) is 6.01. The van der Waals surface area contributed by atoms with Gasteiger partial charge in [-0.05, 0) is 11.5 Å². The first-order valence-electron chi connectivity index (χ1n) is 7.78. The number of phenols is 1. The minimum absolute atomic E-state index is 0.00238. The number of aromatic hydroxyl groups is 1. The van der Waals surface area contributed by atoms with E-state index in [0.29, 0.717) is 10.8 Å². The van der Waals surface area contributed by atoms with E-state index in [1.807, 2.05) is 0 Å². The molecule has 1 atom stereocenters. The number of carbonyl (C=O) groups is 3. The zero-order valence-corrected chi connectivity index (χ0v) is 13.4. The first-order chi connectivity index (χ1) is 12.0. The predicted octanol–water partition coefficient (Wildman–Crippen LogP) is 2.18. The Hall–Kier alpha value is -2.99. The number of ketones is 2. The molecule has 0 aromatic heterocycles. The summed E-state index contributed by atoms with van der Waals surface area (Å²) in [4.78, 5) is 37.5. The number of Topliss-reactive ketones (excluding diaryl/α,β-unsaturated/α-hetero) is 2. The second kappa shape index (κ2) is 5.53. The van der Waals surface area contributed by atoms with E-state index in [1.54, 1.807) is 30.3 Å². The lowest BCUT2D eigenvalue weighted by molar-refractivity contribution is -0.153. The van der Waals surface area contributed by atoms with Crippen LogP contribution in [0.25, 0.3) is 10.8 Å². The van der Waals surface area contributed by atoms with Crippen molar-refractivity contribution in [1.82, 2.24) is 0 Å². The molecule has 0 fully saturated rings. The SMILES string of the molecule is COC(=O)C1CC2=C(CO1)C(=O)c1c(cc3ccccc3c1O)C2=O. The molecule has 4 rings (SSSR count). The van der Waals surface area contributed by atoms with Gasteiger partial charge in [0.05, 0.1) is 19.3 Å². The zero-order chi connectivity index (χ0) is 17.7. The van der Waals surface area contributed by atoms with Crippen molar-refractivity contribution in [2.45, 2.75) is 12.5 Å². The number of ether oxygens (including phenoxy) is 2. The summed E-state index contributed by atoms with van der Waals surface area (Å²) in [5.41, 5.74) is 0.616. The molecule has 2 aromatic carbocycles. The number of fused-ring (bicyclic) bond motifs is 2. The molecular weight excluding hydrogens is 324 g/mol. The average Bonchev–Trinajstić information content (AvgIpc) is 2.65. The van der Waals surface area contributed by atoms with Crippen LogP contribution >= 0.6 is 0 Å². The topological polar surface area (TPSA) is 89.9 Å². The molecule has 0 saturated carbocycles. The smallest absolute Gasteiger partial charge is 0.335 e. The van der Waals surface area contributed by atoms with Crippen LogP contribution in [0.4, 0.5) is 0 Å². The zero-order valence-electron chi connectivity index (χ0n) is 13.4. The summed E-state index contributed by atoms with van der Waals surface area (Å²) in [7, 11) is 1.24. The molecule has 2 aromatic rings. The molecule has 1 aliphatic heterocycles. The van der Waals surface area contributed by atoms with Gasteiger partial charge in [-0.25, -0.2) is 4.79 Å². The Labute approximate surface area is 142 Å². The highest BCUT2D eigenvalue weighted by Gasteiger charge is 2.40. The minimum atomic E-state index is -0.906. The van der Waals surface area contributed by atoms with E-state index in [9.17, 15) is 19.5 Å². The Balaban J connectivity index is 1.88. The van der Waals surface area contributed by atoms with Crippen LogP contribution < -0.4 is 0 Å². The van der Waals surface area contributed by atoms with Crippen molar-refractivity contribution < 1.29 is 29.0 Å². The first-order valence-corrected chi connectivity index (χ1v) is 7.78. The lowest BCUT2D eigenvalue weighted by Gasteiger charge is -2.29. The van der Waals surface area contributed by atoms with Gasteiger partial charge < -0.3 is 14.6 Å². The number of hydrogen-bond donors (Lipinski definition) is 1. The summed E-state index contributed by atoms with van der Waals surface area (Å²) >= 11 is 0. The van der Waals surface area contributed by atoms with Crippen LogP contribution in [0, 0.1) is 0 Å². The normalized spacial score (nSPS) is 19.6. The van der Waals surface area contributed by atoms with E-state index in [2.05, 4.69) is 4.74 Å². The number of methoxy groups -OCH3 is 1. The van der Waals surface area contributed by atoms with Crippen LogP contribution in [0.2, 0.25) is 0 Å². The Kier molecular flexibility index (Phi) is 3.43. The lowest BCUT2D eigenvalue weighted by atomic mass is 9.79. The molecule has 1 N–H and O–H groups in total. The van der Waals surface area contributed by atoms with Crippen LogP contribution in [0.5, 0.6) is 5.75 Å². The van der Waals surface area contributed by atoms with Crippen molar-refractivity contribution in [1.29, 1.82) is 0 Å². The summed E-state index contributed by atoms with van der Waals surface area (Å²) in [5.74, 6) is -1.58. The van der Waals surface area contributed by atoms with E-state index >= 15 is 0 Å². The van der Waals surface area contributed by atoms with E-state index in [0.717, 1.165) is 0 Å². The van der Waals surface area contributed by atoms with E-state index in [1.165, 1.54) is 7.11 Å². The fourth-order valence-electron chi connectivity index (χ4n) is 3.40. The monoisotopic (exact) mass is 338 g/mol. The number of hydrogen-bond acceptors (Lipinski definition) is 6. The molecule has 126 valence electrons. The van der Waals surface area contributed by atoms with Crippen LogP contribution in [0.15, 0.2) is 41.5 Å². The standard InChI is InChI=1S/C19H14O6/c1-24-19(23)14-7-11-13(8-25-14)18(22)15-12(16(11)20)6-9-4-2-3-5-10(9)17(15)21/h2-6,14,21H,7-8H2,1H3. The Morgan fingerprint density at radius 2 is 1.96 bits per heavy atom. The molecule has 0 amide bonds. The molecule has 6 heteroatoms. The van der Waals surface area contributed by atoms with Crippen molar-refractivity contribution in [2.75, 3.05) is 13.7 Å². The van der Waals surface area contributed by atoms with Gasteiger partial charge in [0, 0.05) is 28.5 Å². The quantitative estimate of drug-likeness (QED) is 0.802. The molecule has 25 heavy (non-hydrogen) atoms. The van der Waals surface area contributed by atoms with Crippen LogP contribution in [0.3, 0.4) is 0 Å². The van der Waals surface area contributed by atoms with Gasteiger partial charge in [0.25, 0.3) is 0 Å². The molecule has 1 heterocycles. The van der Waals surface area contributed by atoms with Gasteiger partial charge in [0.15, 0.2) is 17.7 Å². The van der Waals surface area contributed by atoms with Crippen LogP contribution in [0.1, 0.15) is 27.1 Å². The molecule has 0 bridgehead atoms. The predicted molar refractivity (Wildman–Crippen MR) is 87.7 cm³/mol. The summed E-state index contributed by atoms with van der Waals surface area (Å²) in [5, 5.41) is 11.7. The number of esters is 1. The van der Waals surface area contributed by atoms with Crippen LogP contribution in [-0.2, 0) is 14.3 Å². The second-order valence-corrected chi connectivity index (χ2v) is 6.01. The third-order valence-corrected chi connectivity index (χ3v) is 4.69. The maximum Gasteiger partial charge on any atom is 0.335 e. The van der Waals surface area contributed by atoms with Gasteiger partial charge in [0.1, 0.15) is 5.75 Å². The number of rotatable bonds is 1. The van der Waals surface area contributed by atoms with Gasteiger partial charge in [-0.3, -0.25) is 9.59 Å². The molecule has 0 spiro atoms. The van der Waals surface area contributed by atoms with Crippen LogP contribution in [-0.4, -0.2) is 42.5 Å². The first kappa shape index (κ1) is 15.5. The van der Waals surface area contributed by atoms with Crippen molar-refractivity contribution in [3.8, 4) is 5.75 Å². The Morgan fingerprint density at radius 3 is 2.72 bits per heavy atom. The van der Waals surface area contributed by atoms with Crippen molar-refractivity contribution in [3.63, 3.8) is 0 Å². The van der Waals surface area contributed by atoms with Gasteiger partial charge >= 0.3 is 5.97 Å². The molecule has 6 nitrogen and oxygen atoms in total. The number of phenolic OH excluding ortho intramolecular Hbond substituents is 1. The molecule has 1 unspecified atom stereocenters. The summed E-state index contributed by atoms with van der Waals surface area (Å²) in [6.45, 7) is -0.161. The molecule has 0 radical (unpaired) electrons. The van der Waals surface area contributed by atoms with E-state index in [4.69, 9.17) is 4.74 Å². The molecule has 2 aliphatic rings. The van der Waals surface area contributed by atoms with Gasteiger partial charge in [-0.2, -0.15) is 0 Å². The van der Waals surface area contributed by atoms with Crippen molar-refractivity contribution in [2.24, 2.45) is 0 Å². The molecule has 1 aliphatic carbocycles. The average molecular weight is 338 g/mol. The summed E-state index contributed by atoms with van der Waals surface area (Å²) in [6.07, 6.45) is -0.921. The van der Waals surface area contributed by atoms with Gasteiger partial charge in [-0.15, -0.1) is 0 Å². The minimum Gasteiger partial charge on any atom is -0.507 e. The fraction of sp³-hybridized carbons (Fsp3) is 0.211. The Bertz CT molecular complexity index is 985. The maximum atomic E-state index is 12.9. The molecule has 0 saturated heterocycles. The lowest BCUT2D eigenvalue weighted by Crippen LogP contribution is -2.37. The van der Waals surface area contributed by atoms with E-state index < -0.39 is 17.9 Å². The van der Waals surface area contributed by atoms with Gasteiger partial charge in [0.2, 0.25) is 0 Å². The van der Waals surface area contributed by atoms with E-state index in [-0.39, 0.29) is 46.8 Å². The highest BCUT2D eigenvalue weighted by molar-refractivity contribution is 6.30. The van der Waals surface area contributed by atoms with Crippen molar-refractivity contribution in [3.05, 3.63) is 52.6 Å². The largest absolute Gasteiger partial charge is 0.507 e. The number of benzene rings is 2. The Morgan fingerprint density at radius 1 is 1.20 bits per heavy atom. The summed E-state index contributed by atoms with van der Waals surface area (Å²) in [6, 6.07) is 8.60. The molecular formula is C19H14O6. The number of carbonyl (C=O) groups excluding carboxylic acids is 3. The summed E-state index contributed by atoms with van der Waals surface area (Å²) < 4.78 is 10.0. The highest BCUT2D eigenvalue weighted by atomic mass is 16.6. The third kappa shape index (κ3) is 2.18. The maximum absolute atomic E-state index is 12.9.